The standard InChI is InChI=1S/C20H29N3O3/c1-20(2,3)16(18(25)21-4)23-17(24)15-10-9-14(13-7-8-13)19(22-15)26-11-12-5-6-12/h9-10,12-13,16H,5-8,11H2,1-4H3,(H,21,25)(H,23,24). The number of ether oxygens (including phenoxy) is 1. The Kier molecular flexibility index (Phi) is 5.21. The van der Waals surface area contributed by atoms with E-state index in [2.05, 4.69) is 15.6 Å². The van der Waals surface area contributed by atoms with E-state index in [1.54, 1.807) is 13.1 Å². The summed E-state index contributed by atoms with van der Waals surface area (Å²) >= 11 is 0. The van der Waals surface area contributed by atoms with Crippen molar-refractivity contribution in [3.05, 3.63) is 23.4 Å². The fourth-order valence-electron chi connectivity index (χ4n) is 2.90. The van der Waals surface area contributed by atoms with E-state index >= 15 is 0 Å². The zero-order chi connectivity index (χ0) is 18.9. The minimum atomic E-state index is -0.638. The highest BCUT2D eigenvalue weighted by Crippen LogP contribution is 2.44. The molecular formula is C20H29N3O3. The summed E-state index contributed by atoms with van der Waals surface area (Å²) in [6, 6.07) is 3.05. The summed E-state index contributed by atoms with van der Waals surface area (Å²) < 4.78 is 5.92. The second-order valence-electron chi connectivity index (χ2n) is 8.51. The number of hydrogen-bond donors (Lipinski definition) is 2. The van der Waals surface area contributed by atoms with Gasteiger partial charge in [0.25, 0.3) is 5.91 Å². The van der Waals surface area contributed by atoms with Gasteiger partial charge in [-0.15, -0.1) is 0 Å². The van der Waals surface area contributed by atoms with Crippen LogP contribution in [0, 0.1) is 11.3 Å². The molecule has 26 heavy (non-hydrogen) atoms. The Morgan fingerprint density at radius 2 is 1.92 bits per heavy atom. The predicted octanol–water partition coefficient (Wildman–Crippen LogP) is 2.64. The second kappa shape index (κ2) is 7.25. The number of nitrogens with zero attached hydrogens (tertiary/aromatic N) is 1. The van der Waals surface area contributed by atoms with E-state index in [0.29, 0.717) is 30.0 Å². The summed E-state index contributed by atoms with van der Waals surface area (Å²) in [5.74, 6) is 1.14. The van der Waals surface area contributed by atoms with Gasteiger partial charge in [-0.05, 0) is 49.0 Å². The molecule has 6 heteroatoms. The average molecular weight is 359 g/mol. The van der Waals surface area contributed by atoms with Gasteiger partial charge in [-0.3, -0.25) is 9.59 Å². The summed E-state index contributed by atoms with van der Waals surface area (Å²) in [7, 11) is 1.57. The van der Waals surface area contributed by atoms with Gasteiger partial charge in [-0.25, -0.2) is 4.98 Å². The quantitative estimate of drug-likeness (QED) is 0.784. The molecular weight excluding hydrogens is 330 g/mol. The van der Waals surface area contributed by atoms with E-state index in [0.717, 1.165) is 18.4 Å². The Morgan fingerprint density at radius 3 is 2.46 bits per heavy atom. The van der Waals surface area contributed by atoms with E-state index in [4.69, 9.17) is 4.74 Å². The molecule has 0 spiro atoms. The molecule has 1 unspecified atom stereocenters. The molecule has 2 N–H and O–H groups in total. The first-order valence-electron chi connectivity index (χ1n) is 9.45. The Labute approximate surface area is 155 Å². The van der Waals surface area contributed by atoms with Crippen molar-refractivity contribution >= 4 is 11.8 Å². The lowest BCUT2D eigenvalue weighted by atomic mass is 9.86. The Bertz CT molecular complexity index is 688. The number of rotatable bonds is 7. The molecule has 0 aliphatic heterocycles. The molecule has 6 nitrogen and oxygen atoms in total. The van der Waals surface area contributed by atoms with Crippen molar-refractivity contribution in [2.45, 2.75) is 58.4 Å². The van der Waals surface area contributed by atoms with Crippen molar-refractivity contribution in [1.82, 2.24) is 15.6 Å². The van der Waals surface area contributed by atoms with Gasteiger partial charge in [0.05, 0.1) is 6.61 Å². The highest BCUT2D eigenvalue weighted by Gasteiger charge is 2.34. The number of aromatic nitrogens is 1. The van der Waals surface area contributed by atoms with Gasteiger partial charge in [-0.1, -0.05) is 26.8 Å². The molecule has 0 aromatic carbocycles. The molecule has 142 valence electrons. The third kappa shape index (κ3) is 4.54. The number of carbonyl (C=O) groups is 2. The summed E-state index contributed by atoms with van der Waals surface area (Å²) in [5.41, 5.74) is 0.980. The van der Waals surface area contributed by atoms with Gasteiger partial charge in [-0.2, -0.15) is 0 Å². The molecule has 1 heterocycles. The molecule has 0 radical (unpaired) electrons. The fourth-order valence-corrected chi connectivity index (χ4v) is 2.90. The van der Waals surface area contributed by atoms with Crippen LogP contribution >= 0.6 is 0 Å². The van der Waals surface area contributed by atoms with E-state index in [9.17, 15) is 9.59 Å². The first-order valence-corrected chi connectivity index (χ1v) is 9.45. The number of pyridine rings is 1. The third-order valence-electron chi connectivity index (χ3n) is 4.94. The number of amides is 2. The van der Waals surface area contributed by atoms with E-state index in [1.165, 1.54) is 12.8 Å². The van der Waals surface area contributed by atoms with Crippen LogP contribution in [0.5, 0.6) is 5.88 Å². The Balaban J connectivity index is 1.77. The van der Waals surface area contributed by atoms with Crippen molar-refractivity contribution in [1.29, 1.82) is 0 Å². The van der Waals surface area contributed by atoms with Crippen LogP contribution in [-0.2, 0) is 4.79 Å². The lowest BCUT2D eigenvalue weighted by Crippen LogP contribution is -2.53. The number of likely N-dealkylation sites (N-methyl/N-ethyl adjacent to an activating group) is 1. The normalized spacial score (nSPS) is 18.2. The van der Waals surface area contributed by atoms with Gasteiger partial charge >= 0.3 is 0 Å². The summed E-state index contributed by atoms with van der Waals surface area (Å²) in [6.07, 6.45) is 4.71. The molecule has 2 aliphatic carbocycles. The number of carbonyl (C=O) groups excluding carboxylic acids is 2. The maximum atomic E-state index is 12.7. The molecule has 2 aliphatic rings. The third-order valence-corrected chi connectivity index (χ3v) is 4.94. The Morgan fingerprint density at radius 1 is 1.23 bits per heavy atom. The van der Waals surface area contributed by atoms with Gasteiger partial charge in [0.2, 0.25) is 11.8 Å². The van der Waals surface area contributed by atoms with Gasteiger partial charge in [0.1, 0.15) is 11.7 Å². The summed E-state index contributed by atoms with van der Waals surface area (Å²) in [6.45, 7) is 6.42. The van der Waals surface area contributed by atoms with Crippen LogP contribution in [0.15, 0.2) is 12.1 Å². The van der Waals surface area contributed by atoms with Crippen molar-refractivity contribution in [3.8, 4) is 5.88 Å². The zero-order valence-electron chi connectivity index (χ0n) is 16.1. The predicted molar refractivity (Wildman–Crippen MR) is 99.2 cm³/mol. The fraction of sp³-hybridized carbons (Fsp3) is 0.650. The van der Waals surface area contributed by atoms with Gasteiger partial charge < -0.3 is 15.4 Å². The molecule has 3 rings (SSSR count). The minimum Gasteiger partial charge on any atom is -0.477 e. The molecule has 0 saturated heterocycles. The molecule has 1 aromatic rings. The van der Waals surface area contributed by atoms with E-state index in [-0.39, 0.29) is 11.8 Å². The number of hydrogen-bond acceptors (Lipinski definition) is 4. The van der Waals surface area contributed by atoms with Crippen molar-refractivity contribution in [2.75, 3.05) is 13.7 Å². The van der Waals surface area contributed by atoms with Crippen molar-refractivity contribution in [3.63, 3.8) is 0 Å². The summed E-state index contributed by atoms with van der Waals surface area (Å²) in [5, 5.41) is 5.44. The van der Waals surface area contributed by atoms with Crippen LogP contribution in [0.3, 0.4) is 0 Å². The Hall–Kier alpha value is -2.11. The smallest absolute Gasteiger partial charge is 0.270 e. The minimum absolute atomic E-state index is 0.217. The number of nitrogens with one attached hydrogen (secondary N) is 2. The average Bonchev–Trinajstić information content (AvgIpc) is 3.48. The van der Waals surface area contributed by atoms with Crippen LogP contribution < -0.4 is 15.4 Å². The first-order chi connectivity index (χ1) is 12.3. The first kappa shape index (κ1) is 18.7. The summed E-state index contributed by atoms with van der Waals surface area (Å²) in [4.78, 5) is 29.4. The SMILES string of the molecule is CNC(=O)C(NC(=O)c1ccc(C2CC2)c(OCC2CC2)n1)C(C)(C)C. The molecule has 2 fully saturated rings. The molecule has 1 aromatic heterocycles. The maximum absolute atomic E-state index is 12.7. The highest BCUT2D eigenvalue weighted by molar-refractivity contribution is 5.96. The van der Waals surface area contributed by atoms with Crippen LogP contribution in [0.25, 0.3) is 0 Å². The molecule has 2 saturated carbocycles. The van der Waals surface area contributed by atoms with Crippen LogP contribution in [-0.4, -0.2) is 36.5 Å². The van der Waals surface area contributed by atoms with Crippen LogP contribution in [0.4, 0.5) is 0 Å². The lowest BCUT2D eigenvalue weighted by Gasteiger charge is -2.29. The monoisotopic (exact) mass is 359 g/mol. The second-order valence-corrected chi connectivity index (χ2v) is 8.51. The van der Waals surface area contributed by atoms with E-state index < -0.39 is 11.5 Å². The van der Waals surface area contributed by atoms with Crippen molar-refractivity contribution < 1.29 is 14.3 Å². The molecule has 1 atom stereocenters. The largest absolute Gasteiger partial charge is 0.477 e. The highest BCUT2D eigenvalue weighted by atomic mass is 16.5. The van der Waals surface area contributed by atoms with Crippen molar-refractivity contribution in [2.24, 2.45) is 11.3 Å². The van der Waals surface area contributed by atoms with Gasteiger partial charge in [0.15, 0.2) is 0 Å². The topological polar surface area (TPSA) is 80.3 Å². The van der Waals surface area contributed by atoms with Gasteiger partial charge in [0, 0.05) is 12.6 Å². The maximum Gasteiger partial charge on any atom is 0.270 e. The molecule has 2 amide bonds. The van der Waals surface area contributed by atoms with Crippen LogP contribution in [0.1, 0.15) is 68.4 Å². The van der Waals surface area contributed by atoms with E-state index in [1.807, 2.05) is 26.8 Å². The zero-order valence-corrected chi connectivity index (χ0v) is 16.1. The lowest BCUT2D eigenvalue weighted by molar-refractivity contribution is -0.124. The molecule has 0 bridgehead atoms. The van der Waals surface area contributed by atoms with Crippen LogP contribution in [0.2, 0.25) is 0 Å².